The average Bonchev–Trinajstić information content (AvgIpc) is 3.08. The van der Waals surface area contributed by atoms with Crippen LogP contribution in [0.1, 0.15) is 24.2 Å². The second-order valence-corrected chi connectivity index (χ2v) is 11.7. The van der Waals surface area contributed by atoms with Gasteiger partial charge in [0.2, 0.25) is 0 Å². The molecule has 0 aliphatic carbocycles. The predicted octanol–water partition coefficient (Wildman–Crippen LogP) is 5.81. The minimum absolute atomic E-state index is 0.232. The number of piperazine rings is 1. The van der Waals surface area contributed by atoms with E-state index in [1.165, 1.54) is 30.8 Å². The minimum Gasteiger partial charge on any atom is -0.497 e. The van der Waals surface area contributed by atoms with Crippen LogP contribution in [0.3, 0.4) is 0 Å². The average molecular weight is 598 g/mol. The first-order valence-electron chi connectivity index (χ1n) is 13.6. The topological polar surface area (TPSA) is 62.3 Å². The van der Waals surface area contributed by atoms with Crippen LogP contribution in [0, 0.1) is 5.82 Å². The van der Waals surface area contributed by atoms with Gasteiger partial charge < -0.3 is 19.3 Å². The third-order valence-electron chi connectivity index (χ3n) is 7.41. The number of methoxy groups -OCH3 is 1. The summed E-state index contributed by atoms with van der Waals surface area (Å²) in [5, 5.41) is 0.112. The number of esters is 1. The van der Waals surface area contributed by atoms with Crippen LogP contribution in [-0.4, -0.2) is 69.3 Å². The SMILES string of the molecule is COc1ccc(C2Sc3cc(Cl)ccc3N(CCCN3CCN(c4ccc(F)cc4)CC3)C(=O)C2OC(C)=O)cc1. The number of hydrogen-bond acceptors (Lipinski definition) is 7. The van der Waals surface area contributed by atoms with E-state index >= 15 is 0 Å². The van der Waals surface area contributed by atoms with Crippen molar-refractivity contribution in [1.29, 1.82) is 0 Å². The summed E-state index contributed by atoms with van der Waals surface area (Å²) < 4.78 is 24.3. The van der Waals surface area contributed by atoms with Gasteiger partial charge in [-0.3, -0.25) is 14.5 Å². The van der Waals surface area contributed by atoms with Gasteiger partial charge in [-0.05, 0) is 73.1 Å². The fourth-order valence-electron chi connectivity index (χ4n) is 5.30. The first-order valence-corrected chi connectivity index (χ1v) is 14.9. The Kier molecular flexibility index (Phi) is 9.37. The van der Waals surface area contributed by atoms with Gasteiger partial charge in [-0.1, -0.05) is 23.7 Å². The molecule has 5 rings (SSSR count). The molecule has 0 aromatic heterocycles. The smallest absolute Gasteiger partial charge is 0.303 e. The van der Waals surface area contributed by atoms with E-state index in [0.717, 1.165) is 61.0 Å². The molecule has 3 aromatic rings. The largest absolute Gasteiger partial charge is 0.497 e. The van der Waals surface area contributed by atoms with Gasteiger partial charge in [-0.25, -0.2) is 4.39 Å². The van der Waals surface area contributed by atoms with Crippen LogP contribution in [0.4, 0.5) is 15.8 Å². The zero-order valence-electron chi connectivity index (χ0n) is 23.1. The molecule has 2 heterocycles. The lowest BCUT2D eigenvalue weighted by atomic mass is 10.1. The fourth-order valence-corrected chi connectivity index (χ4v) is 6.89. The monoisotopic (exact) mass is 597 g/mol. The van der Waals surface area contributed by atoms with Crippen molar-refractivity contribution in [3.8, 4) is 5.75 Å². The quantitative estimate of drug-likeness (QED) is 0.304. The number of ether oxygens (including phenoxy) is 2. The molecule has 2 aliphatic rings. The van der Waals surface area contributed by atoms with Crippen molar-refractivity contribution in [3.63, 3.8) is 0 Å². The Hall–Kier alpha value is -3.27. The van der Waals surface area contributed by atoms with E-state index in [2.05, 4.69) is 9.80 Å². The van der Waals surface area contributed by atoms with Crippen molar-refractivity contribution in [2.75, 3.05) is 56.2 Å². The van der Waals surface area contributed by atoms with Gasteiger partial charge in [0, 0.05) is 55.3 Å². The highest BCUT2D eigenvalue weighted by atomic mass is 35.5. The Balaban J connectivity index is 1.31. The maximum absolute atomic E-state index is 14.1. The standard InChI is InChI=1S/C31H33ClFN3O4S/c1-21(37)40-29-30(22-4-11-26(39-2)12-5-22)41-28-20-23(32)6-13-27(28)36(31(29)38)15-3-14-34-16-18-35(19-17-34)25-9-7-24(33)8-10-25/h4-13,20,29-30H,3,14-19H2,1-2H3. The van der Waals surface area contributed by atoms with Crippen LogP contribution in [0.5, 0.6) is 5.75 Å². The highest BCUT2D eigenvalue weighted by Crippen LogP contribution is 2.47. The molecule has 1 saturated heterocycles. The minimum atomic E-state index is -1.00. The van der Waals surface area contributed by atoms with Gasteiger partial charge in [0.15, 0.2) is 6.10 Å². The molecular weight excluding hydrogens is 565 g/mol. The summed E-state index contributed by atoms with van der Waals surface area (Å²) >= 11 is 7.86. The van der Waals surface area contributed by atoms with Gasteiger partial charge >= 0.3 is 5.97 Å². The molecule has 1 fully saturated rings. The third-order valence-corrected chi connectivity index (χ3v) is 9.00. The Labute approximate surface area is 249 Å². The molecule has 3 aromatic carbocycles. The Morgan fingerprint density at radius 2 is 1.71 bits per heavy atom. The summed E-state index contributed by atoms with van der Waals surface area (Å²) in [5.41, 5.74) is 2.64. The molecule has 0 spiro atoms. The maximum Gasteiger partial charge on any atom is 0.303 e. The van der Waals surface area contributed by atoms with E-state index in [0.29, 0.717) is 17.3 Å². The van der Waals surface area contributed by atoms with Gasteiger partial charge in [-0.15, -0.1) is 11.8 Å². The molecule has 216 valence electrons. The number of benzene rings is 3. The highest BCUT2D eigenvalue weighted by molar-refractivity contribution is 7.99. The van der Waals surface area contributed by atoms with Crippen LogP contribution in [0.15, 0.2) is 71.6 Å². The van der Waals surface area contributed by atoms with Crippen molar-refractivity contribution in [3.05, 3.63) is 83.1 Å². The summed E-state index contributed by atoms with van der Waals surface area (Å²) in [6.45, 7) is 6.07. The molecule has 2 atom stereocenters. The van der Waals surface area contributed by atoms with Gasteiger partial charge in [-0.2, -0.15) is 0 Å². The Morgan fingerprint density at radius 1 is 1.00 bits per heavy atom. The summed E-state index contributed by atoms with van der Waals surface area (Å²) in [4.78, 5) is 33.5. The van der Waals surface area contributed by atoms with Crippen molar-refractivity contribution in [2.45, 2.75) is 29.6 Å². The van der Waals surface area contributed by atoms with E-state index in [1.807, 2.05) is 48.5 Å². The van der Waals surface area contributed by atoms with Gasteiger partial charge in [0.05, 0.1) is 18.0 Å². The fraction of sp³-hybridized carbons (Fsp3) is 0.355. The number of thioether (sulfide) groups is 1. The molecule has 2 aliphatic heterocycles. The third kappa shape index (κ3) is 6.97. The molecule has 41 heavy (non-hydrogen) atoms. The molecule has 0 bridgehead atoms. The summed E-state index contributed by atoms with van der Waals surface area (Å²) in [6.07, 6.45) is -0.258. The van der Waals surface area contributed by atoms with Gasteiger partial charge in [0.1, 0.15) is 11.6 Å². The van der Waals surface area contributed by atoms with Crippen molar-refractivity contribution in [1.82, 2.24) is 4.90 Å². The second kappa shape index (κ2) is 13.1. The summed E-state index contributed by atoms with van der Waals surface area (Å²) in [6, 6.07) is 19.6. The molecular formula is C31H33ClFN3O4S. The zero-order valence-corrected chi connectivity index (χ0v) is 24.7. The first kappa shape index (κ1) is 29.2. The van der Waals surface area contributed by atoms with Crippen LogP contribution in [0.2, 0.25) is 5.02 Å². The van der Waals surface area contributed by atoms with E-state index in [9.17, 15) is 14.0 Å². The number of nitrogens with zero attached hydrogens (tertiary/aromatic N) is 3. The first-order chi connectivity index (χ1) is 19.8. The number of hydrogen-bond donors (Lipinski definition) is 0. The van der Waals surface area contributed by atoms with E-state index in [-0.39, 0.29) is 11.7 Å². The van der Waals surface area contributed by atoms with Crippen LogP contribution < -0.4 is 14.5 Å². The Bertz CT molecular complexity index is 1370. The van der Waals surface area contributed by atoms with Crippen LogP contribution in [0.25, 0.3) is 0 Å². The normalized spacial score (nSPS) is 19.5. The molecule has 0 saturated carbocycles. The van der Waals surface area contributed by atoms with Crippen molar-refractivity contribution >= 4 is 46.6 Å². The number of fused-ring (bicyclic) bond motifs is 1. The summed E-state index contributed by atoms with van der Waals surface area (Å²) in [5.74, 6) is -0.295. The molecule has 0 N–H and O–H groups in total. The number of rotatable bonds is 8. The lowest BCUT2D eigenvalue weighted by Gasteiger charge is -2.36. The van der Waals surface area contributed by atoms with E-state index in [4.69, 9.17) is 21.1 Å². The van der Waals surface area contributed by atoms with Crippen molar-refractivity contribution in [2.24, 2.45) is 0 Å². The number of anilines is 2. The molecule has 7 nitrogen and oxygen atoms in total. The second-order valence-electron chi connectivity index (χ2n) is 10.1. The van der Waals surface area contributed by atoms with Crippen LogP contribution in [-0.2, 0) is 14.3 Å². The van der Waals surface area contributed by atoms with Gasteiger partial charge in [0.25, 0.3) is 5.91 Å². The number of halogens is 2. The number of carbonyl (C=O) groups is 2. The highest BCUT2D eigenvalue weighted by Gasteiger charge is 2.41. The van der Waals surface area contributed by atoms with E-state index < -0.39 is 17.3 Å². The molecule has 10 heteroatoms. The zero-order chi connectivity index (χ0) is 28.9. The predicted molar refractivity (Wildman–Crippen MR) is 161 cm³/mol. The molecule has 2 unspecified atom stereocenters. The lowest BCUT2D eigenvalue weighted by molar-refractivity contribution is -0.152. The van der Waals surface area contributed by atoms with Crippen LogP contribution >= 0.6 is 23.4 Å². The Morgan fingerprint density at radius 3 is 2.37 bits per heavy atom. The molecule has 1 amide bonds. The maximum atomic E-state index is 14.1. The molecule has 0 radical (unpaired) electrons. The number of carbonyl (C=O) groups excluding carboxylic acids is 2. The lowest BCUT2D eigenvalue weighted by Crippen LogP contribution is -2.47. The summed E-state index contributed by atoms with van der Waals surface area (Å²) in [7, 11) is 1.60. The number of amides is 1. The van der Waals surface area contributed by atoms with Crippen molar-refractivity contribution < 1.29 is 23.5 Å². The van der Waals surface area contributed by atoms with E-state index in [1.54, 1.807) is 18.1 Å².